The van der Waals surface area contributed by atoms with Crippen LogP contribution in [0, 0.1) is 6.92 Å². The molecule has 1 heterocycles. The standard InChI is InChI=1S/C7H9O/c1-2-3-7-4-5-8-6-7/h5H,1-3,6H2. The fraction of sp³-hybridized carbons (Fsp3) is 0.429. The third-order valence-corrected chi connectivity index (χ3v) is 1.08. The molecule has 0 spiro atoms. The second-order valence-electron chi connectivity index (χ2n) is 1.78. The molecule has 0 aromatic rings. The lowest BCUT2D eigenvalue weighted by Crippen LogP contribution is -1.85. The molecule has 0 aliphatic carbocycles. The van der Waals surface area contributed by atoms with E-state index < -0.39 is 0 Å². The minimum absolute atomic E-state index is 0.732. The quantitative estimate of drug-likeness (QED) is 0.490. The Bertz CT molecular complexity index is 129. The van der Waals surface area contributed by atoms with Crippen LogP contribution in [0.3, 0.4) is 0 Å². The molecule has 1 aliphatic rings. The van der Waals surface area contributed by atoms with E-state index in [0.29, 0.717) is 0 Å². The predicted molar refractivity (Wildman–Crippen MR) is 32.1 cm³/mol. The van der Waals surface area contributed by atoms with Crippen molar-refractivity contribution in [2.45, 2.75) is 12.8 Å². The maximum atomic E-state index is 4.91. The van der Waals surface area contributed by atoms with Crippen LogP contribution in [0.25, 0.3) is 0 Å². The Morgan fingerprint density at radius 3 is 3.25 bits per heavy atom. The molecule has 43 valence electrons. The van der Waals surface area contributed by atoms with Gasteiger partial charge in [-0.1, -0.05) is 12.7 Å². The normalized spacial score (nSPS) is 15.9. The summed E-state index contributed by atoms with van der Waals surface area (Å²) in [7, 11) is 0. The summed E-state index contributed by atoms with van der Waals surface area (Å²) in [4.78, 5) is 0. The van der Waals surface area contributed by atoms with Gasteiger partial charge in [0.05, 0.1) is 0 Å². The average molecular weight is 109 g/mol. The highest BCUT2D eigenvalue weighted by Gasteiger charge is 1.97. The Hall–Kier alpha value is -0.680. The molecule has 0 unspecified atom stereocenters. The summed E-state index contributed by atoms with van der Waals surface area (Å²) in [5.41, 5.74) is 4.22. The zero-order chi connectivity index (χ0) is 5.82. The van der Waals surface area contributed by atoms with Gasteiger partial charge in [-0.05, 0) is 12.8 Å². The van der Waals surface area contributed by atoms with E-state index in [-0.39, 0.29) is 0 Å². The van der Waals surface area contributed by atoms with Crippen molar-refractivity contribution in [2.75, 3.05) is 6.61 Å². The molecule has 1 heteroatoms. The molecular formula is C7H9O. The molecule has 0 fully saturated rings. The van der Waals surface area contributed by atoms with Gasteiger partial charge in [0.15, 0.2) is 0 Å². The third-order valence-electron chi connectivity index (χ3n) is 1.08. The van der Waals surface area contributed by atoms with E-state index in [9.17, 15) is 0 Å². The molecule has 1 radical (unpaired) electrons. The molecular weight excluding hydrogens is 100 g/mol. The van der Waals surface area contributed by atoms with Crippen LogP contribution in [0.2, 0.25) is 0 Å². The van der Waals surface area contributed by atoms with Crippen LogP contribution >= 0.6 is 0 Å². The molecule has 1 rings (SSSR count). The molecule has 0 aromatic heterocycles. The van der Waals surface area contributed by atoms with Crippen molar-refractivity contribution in [1.29, 1.82) is 0 Å². The number of ether oxygens (including phenoxy) is 1. The monoisotopic (exact) mass is 109 g/mol. The van der Waals surface area contributed by atoms with Crippen LogP contribution in [-0.4, -0.2) is 6.61 Å². The Balaban J connectivity index is 2.36. The van der Waals surface area contributed by atoms with Crippen molar-refractivity contribution in [3.05, 3.63) is 24.5 Å². The summed E-state index contributed by atoms with van der Waals surface area (Å²) < 4.78 is 4.91. The minimum atomic E-state index is 0.732. The van der Waals surface area contributed by atoms with Crippen LogP contribution in [0.1, 0.15) is 12.8 Å². The van der Waals surface area contributed by atoms with Crippen molar-refractivity contribution in [3.63, 3.8) is 0 Å². The Labute approximate surface area is 49.7 Å². The first-order valence-corrected chi connectivity index (χ1v) is 2.77. The number of rotatable bonds is 2. The van der Waals surface area contributed by atoms with Crippen LogP contribution in [0.5, 0.6) is 0 Å². The first-order chi connectivity index (χ1) is 3.93. The zero-order valence-corrected chi connectivity index (χ0v) is 4.81. The summed E-state index contributed by atoms with van der Waals surface area (Å²) in [5, 5.41) is 0. The summed E-state index contributed by atoms with van der Waals surface area (Å²) in [6.45, 7) is 4.45. The molecule has 0 atom stereocenters. The van der Waals surface area contributed by atoms with Crippen molar-refractivity contribution >= 4 is 0 Å². The highest BCUT2D eigenvalue weighted by Crippen LogP contribution is 2.07. The first-order valence-electron chi connectivity index (χ1n) is 2.77. The van der Waals surface area contributed by atoms with E-state index in [1.165, 1.54) is 5.57 Å². The molecule has 0 aromatic carbocycles. The largest absolute Gasteiger partial charge is 0.488 e. The SMILES string of the molecule is [CH2]CCC1=C=COC1. The van der Waals surface area contributed by atoms with Crippen molar-refractivity contribution in [2.24, 2.45) is 0 Å². The summed E-state index contributed by atoms with van der Waals surface area (Å²) >= 11 is 0. The Kier molecular flexibility index (Phi) is 1.76. The van der Waals surface area contributed by atoms with E-state index >= 15 is 0 Å². The van der Waals surface area contributed by atoms with E-state index in [0.717, 1.165) is 19.4 Å². The van der Waals surface area contributed by atoms with E-state index in [2.05, 4.69) is 12.7 Å². The highest BCUT2D eigenvalue weighted by atomic mass is 16.5. The van der Waals surface area contributed by atoms with Gasteiger partial charge in [0, 0.05) is 5.57 Å². The number of hydrogen-bond donors (Lipinski definition) is 0. The van der Waals surface area contributed by atoms with E-state index in [1.54, 1.807) is 6.26 Å². The van der Waals surface area contributed by atoms with Gasteiger partial charge in [0.2, 0.25) is 0 Å². The molecule has 0 N–H and O–H groups in total. The molecule has 1 aliphatic heterocycles. The van der Waals surface area contributed by atoms with Crippen molar-refractivity contribution in [3.8, 4) is 0 Å². The third kappa shape index (κ3) is 1.14. The maximum absolute atomic E-state index is 4.91. The molecule has 0 amide bonds. The fourth-order valence-electron chi connectivity index (χ4n) is 0.667. The van der Waals surface area contributed by atoms with Gasteiger partial charge in [0.25, 0.3) is 0 Å². The lowest BCUT2D eigenvalue weighted by atomic mass is 10.2. The van der Waals surface area contributed by atoms with Gasteiger partial charge in [-0.2, -0.15) is 0 Å². The summed E-state index contributed by atoms with van der Waals surface area (Å²) in [5.74, 6) is 0. The van der Waals surface area contributed by atoms with Crippen LogP contribution in [0.15, 0.2) is 17.6 Å². The van der Waals surface area contributed by atoms with Gasteiger partial charge in [-0.3, -0.25) is 0 Å². The summed E-state index contributed by atoms with van der Waals surface area (Å²) in [6, 6.07) is 0. The lowest BCUT2D eigenvalue weighted by Gasteiger charge is -1.93. The van der Waals surface area contributed by atoms with Gasteiger partial charge in [0.1, 0.15) is 12.9 Å². The predicted octanol–water partition coefficient (Wildman–Crippen LogP) is 1.67. The smallest absolute Gasteiger partial charge is 0.126 e. The molecule has 0 saturated carbocycles. The van der Waals surface area contributed by atoms with Crippen LogP contribution in [-0.2, 0) is 4.74 Å². The molecule has 0 saturated heterocycles. The summed E-state index contributed by atoms with van der Waals surface area (Å²) in [6.07, 6.45) is 3.58. The maximum Gasteiger partial charge on any atom is 0.126 e. The average Bonchev–Trinajstić information content (AvgIpc) is 2.19. The second-order valence-corrected chi connectivity index (χ2v) is 1.78. The van der Waals surface area contributed by atoms with Crippen molar-refractivity contribution < 1.29 is 4.74 Å². The minimum Gasteiger partial charge on any atom is -0.488 e. The van der Waals surface area contributed by atoms with E-state index in [1.807, 2.05) is 0 Å². The molecule has 1 nitrogen and oxygen atoms in total. The lowest BCUT2D eigenvalue weighted by molar-refractivity contribution is 0.292. The zero-order valence-electron chi connectivity index (χ0n) is 4.81. The van der Waals surface area contributed by atoms with Gasteiger partial charge in [-0.15, -0.1) is 0 Å². The van der Waals surface area contributed by atoms with Crippen LogP contribution in [0.4, 0.5) is 0 Å². The fourth-order valence-corrected chi connectivity index (χ4v) is 0.667. The molecule has 0 bridgehead atoms. The number of hydrogen-bond acceptors (Lipinski definition) is 1. The van der Waals surface area contributed by atoms with Crippen LogP contribution < -0.4 is 0 Å². The Morgan fingerprint density at radius 1 is 1.88 bits per heavy atom. The van der Waals surface area contributed by atoms with Crippen molar-refractivity contribution in [1.82, 2.24) is 0 Å². The van der Waals surface area contributed by atoms with Gasteiger partial charge < -0.3 is 4.74 Å². The molecule has 8 heavy (non-hydrogen) atoms. The van der Waals surface area contributed by atoms with E-state index in [4.69, 9.17) is 4.74 Å². The first kappa shape index (κ1) is 5.46. The van der Waals surface area contributed by atoms with Gasteiger partial charge in [-0.25, -0.2) is 0 Å². The topological polar surface area (TPSA) is 9.23 Å². The highest BCUT2D eigenvalue weighted by molar-refractivity contribution is 5.05. The second kappa shape index (κ2) is 2.58. The van der Waals surface area contributed by atoms with Gasteiger partial charge >= 0.3 is 0 Å². The Morgan fingerprint density at radius 2 is 2.75 bits per heavy atom.